The minimum atomic E-state index is 0.0396. The van der Waals surface area contributed by atoms with Crippen LogP contribution in [0, 0.1) is 0 Å². The molecule has 0 radical (unpaired) electrons. The number of nitrogen functional groups attached to an aromatic ring is 1. The van der Waals surface area contributed by atoms with Gasteiger partial charge in [-0.05, 0) is 52.3 Å². The Balaban J connectivity index is 2.39. The third-order valence-corrected chi connectivity index (χ3v) is 3.22. The van der Waals surface area contributed by atoms with Crippen LogP contribution < -0.4 is 10.5 Å². The standard InChI is InChI=1S/C11H12Br2N6O/c1-6(2)20-10-7(3-8(12)4-9(10)13)5-15-19-11(14)16-17-18-19/h3-6H,1-2H3,(H2,14,16,18)/b15-5+. The number of hydrogen-bond donors (Lipinski definition) is 1. The first kappa shape index (κ1) is 14.9. The summed E-state index contributed by atoms with van der Waals surface area (Å²) in [4.78, 5) is 1.13. The molecule has 1 aromatic heterocycles. The van der Waals surface area contributed by atoms with Gasteiger partial charge in [-0.3, -0.25) is 0 Å². The second-order valence-corrected chi connectivity index (χ2v) is 5.91. The average molecular weight is 404 g/mol. The number of rotatable bonds is 4. The molecule has 0 aliphatic heterocycles. The molecule has 9 heteroatoms. The number of nitrogens with zero attached hydrogens (tertiary/aromatic N) is 5. The maximum Gasteiger partial charge on any atom is 0.263 e. The first-order chi connectivity index (χ1) is 9.47. The number of anilines is 1. The van der Waals surface area contributed by atoms with Crippen LogP contribution in [0.5, 0.6) is 5.75 Å². The lowest BCUT2D eigenvalue weighted by Gasteiger charge is -2.14. The van der Waals surface area contributed by atoms with Gasteiger partial charge in [-0.15, -0.1) is 0 Å². The van der Waals surface area contributed by atoms with Crippen LogP contribution in [0.2, 0.25) is 0 Å². The highest BCUT2D eigenvalue weighted by Gasteiger charge is 2.11. The molecule has 2 rings (SSSR count). The summed E-state index contributed by atoms with van der Waals surface area (Å²) in [7, 11) is 0. The fourth-order valence-corrected chi connectivity index (χ4v) is 2.78. The number of hydrogen-bond acceptors (Lipinski definition) is 6. The quantitative estimate of drug-likeness (QED) is 0.791. The molecule has 0 spiro atoms. The first-order valence-electron chi connectivity index (χ1n) is 5.71. The number of aromatic nitrogens is 4. The van der Waals surface area contributed by atoms with Gasteiger partial charge in [-0.1, -0.05) is 25.8 Å². The second-order valence-electron chi connectivity index (χ2n) is 4.14. The molecule has 7 nitrogen and oxygen atoms in total. The van der Waals surface area contributed by atoms with Gasteiger partial charge in [0.15, 0.2) is 0 Å². The fourth-order valence-electron chi connectivity index (χ4n) is 1.42. The molecule has 0 saturated heterocycles. The zero-order chi connectivity index (χ0) is 14.7. The molecule has 0 fully saturated rings. The van der Waals surface area contributed by atoms with Gasteiger partial charge >= 0.3 is 0 Å². The topological polar surface area (TPSA) is 91.2 Å². The second kappa shape index (κ2) is 6.31. The lowest BCUT2D eigenvalue weighted by atomic mass is 10.2. The van der Waals surface area contributed by atoms with Gasteiger partial charge in [0.1, 0.15) is 5.75 Å². The van der Waals surface area contributed by atoms with Crippen LogP contribution in [0.1, 0.15) is 19.4 Å². The molecule has 2 N–H and O–H groups in total. The van der Waals surface area contributed by atoms with Crippen LogP contribution >= 0.6 is 31.9 Å². The van der Waals surface area contributed by atoms with E-state index in [9.17, 15) is 0 Å². The summed E-state index contributed by atoms with van der Waals surface area (Å²) < 4.78 is 7.50. The number of halogens is 2. The van der Waals surface area contributed by atoms with Gasteiger partial charge in [0, 0.05) is 10.0 Å². The molecular weight excluding hydrogens is 392 g/mol. The zero-order valence-corrected chi connectivity index (χ0v) is 14.0. The number of benzene rings is 1. The van der Waals surface area contributed by atoms with Crippen LogP contribution in [-0.2, 0) is 0 Å². The highest BCUT2D eigenvalue weighted by atomic mass is 79.9. The van der Waals surface area contributed by atoms with Crippen molar-refractivity contribution in [2.75, 3.05) is 5.73 Å². The Morgan fingerprint density at radius 2 is 2.15 bits per heavy atom. The Morgan fingerprint density at radius 1 is 1.40 bits per heavy atom. The molecule has 20 heavy (non-hydrogen) atoms. The highest BCUT2D eigenvalue weighted by molar-refractivity contribution is 9.11. The van der Waals surface area contributed by atoms with Gasteiger partial charge in [-0.25, -0.2) is 0 Å². The molecule has 0 amide bonds. The van der Waals surface area contributed by atoms with E-state index in [4.69, 9.17) is 10.5 Å². The van der Waals surface area contributed by atoms with E-state index in [1.165, 1.54) is 0 Å². The molecule has 2 aromatic rings. The smallest absolute Gasteiger partial charge is 0.263 e. The lowest BCUT2D eigenvalue weighted by Crippen LogP contribution is -2.08. The average Bonchev–Trinajstić information content (AvgIpc) is 2.76. The van der Waals surface area contributed by atoms with E-state index < -0.39 is 0 Å². The van der Waals surface area contributed by atoms with Crippen molar-refractivity contribution in [2.45, 2.75) is 20.0 Å². The summed E-state index contributed by atoms with van der Waals surface area (Å²) >= 11 is 6.90. The molecule has 0 aliphatic carbocycles. The van der Waals surface area contributed by atoms with Gasteiger partial charge in [-0.2, -0.15) is 5.10 Å². The fraction of sp³-hybridized carbons (Fsp3) is 0.273. The van der Waals surface area contributed by atoms with E-state index in [1.807, 2.05) is 26.0 Å². The van der Waals surface area contributed by atoms with Gasteiger partial charge in [0.05, 0.1) is 16.8 Å². The zero-order valence-electron chi connectivity index (χ0n) is 10.8. The SMILES string of the molecule is CC(C)Oc1c(Br)cc(Br)cc1/C=N/n1nnnc1N. The van der Waals surface area contributed by atoms with Crippen LogP contribution in [0.25, 0.3) is 0 Å². The molecule has 1 aromatic carbocycles. The van der Waals surface area contributed by atoms with Crippen LogP contribution in [0.3, 0.4) is 0 Å². The normalized spacial score (nSPS) is 11.4. The summed E-state index contributed by atoms with van der Waals surface area (Å²) in [5, 5.41) is 14.7. The van der Waals surface area contributed by atoms with Crippen molar-refractivity contribution in [3.05, 3.63) is 26.6 Å². The molecule has 0 saturated carbocycles. The first-order valence-corrected chi connectivity index (χ1v) is 7.30. The van der Waals surface area contributed by atoms with Crippen molar-refractivity contribution >= 4 is 44.0 Å². The minimum absolute atomic E-state index is 0.0396. The van der Waals surface area contributed by atoms with Crippen molar-refractivity contribution < 1.29 is 4.74 Å². The van der Waals surface area contributed by atoms with E-state index in [1.54, 1.807) is 6.21 Å². The number of tetrazole rings is 1. The predicted molar refractivity (Wildman–Crippen MR) is 82.8 cm³/mol. The molecular formula is C11H12Br2N6O. The van der Waals surface area contributed by atoms with Crippen molar-refractivity contribution in [1.29, 1.82) is 0 Å². The van der Waals surface area contributed by atoms with E-state index >= 15 is 0 Å². The molecule has 1 heterocycles. The summed E-state index contributed by atoms with van der Waals surface area (Å²) in [5.74, 6) is 0.806. The maximum absolute atomic E-state index is 5.78. The Bertz CT molecular complexity index is 640. The van der Waals surface area contributed by atoms with Crippen LogP contribution in [-0.4, -0.2) is 32.6 Å². The van der Waals surface area contributed by atoms with E-state index in [2.05, 4.69) is 52.5 Å². The highest BCUT2D eigenvalue weighted by Crippen LogP contribution is 2.32. The van der Waals surface area contributed by atoms with Crippen LogP contribution in [0.15, 0.2) is 26.2 Å². The summed E-state index contributed by atoms with van der Waals surface area (Å²) in [6.45, 7) is 3.91. The Labute approximate surface area is 132 Å². The minimum Gasteiger partial charge on any atom is -0.489 e. The Hall–Kier alpha value is -1.48. The van der Waals surface area contributed by atoms with E-state index in [-0.39, 0.29) is 12.1 Å². The van der Waals surface area contributed by atoms with Gasteiger partial charge < -0.3 is 10.5 Å². The third kappa shape index (κ3) is 3.54. The molecule has 0 unspecified atom stereocenters. The Morgan fingerprint density at radius 3 is 2.75 bits per heavy atom. The largest absolute Gasteiger partial charge is 0.489 e. The maximum atomic E-state index is 5.78. The van der Waals surface area contributed by atoms with Gasteiger partial charge in [0.25, 0.3) is 5.95 Å². The summed E-state index contributed by atoms with van der Waals surface area (Å²) in [6.07, 6.45) is 1.62. The van der Waals surface area contributed by atoms with Crippen molar-refractivity contribution in [1.82, 2.24) is 20.3 Å². The van der Waals surface area contributed by atoms with Gasteiger partial charge in [0.2, 0.25) is 0 Å². The monoisotopic (exact) mass is 402 g/mol. The lowest BCUT2D eigenvalue weighted by molar-refractivity contribution is 0.240. The summed E-state index contributed by atoms with van der Waals surface area (Å²) in [6, 6.07) is 3.78. The number of nitrogens with two attached hydrogens (primary N) is 1. The van der Waals surface area contributed by atoms with Crippen molar-refractivity contribution in [3.63, 3.8) is 0 Å². The Kier molecular flexibility index (Phi) is 4.71. The van der Waals surface area contributed by atoms with Crippen molar-refractivity contribution in [3.8, 4) is 5.75 Å². The summed E-state index contributed by atoms with van der Waals surface area (Å²) in [5.41, 5.74) is 6.32. The third-order valence-electron chi connectivity index (χ3n) is 2.17. The van der Waals surface area contributed by atoms with Crippen LogP contribution in [0.4, 0.5) is 5.95 Å². The molecule has 0 bridgehead atoms. The van der Waals surface area contributed by atoms with E-state index in [0.717, 1.165) is 19.3 Å². The van der Waals surface area contributed by atoms with E-state index in [0.29, 0.717) is 5.75 Å². The number of ether oxygens (including phenoxy) is 1. The molecule has 0 atom stereocenters. The van der Waals surface area contributed by atoms with Crippen molar-refractivity contribution in [2.24, 2.45) is 5.10 Å². The molecule has 0 aliphatic rings. The predicted octanol–water partition coefficient (Wildman–Crippen LogP) is 2.45. The molecule has 106 valence electrons.